The minimum absolute atomic E-state index is 0.0154. The molecule has 8 nitrogen and oxygen atoms in total. The number of carbonyl (C=O) groups is 1. The highest BCUT2D eigenvalue weighted by Crippen LogP contribution is 2.38. The summed E-state index contributed by atoms with van der Waals surface area (Å²) in [7, 11) is 1.31. The van der Waals surface area contributed by atoms with Crippen LogP contribution < -0.4 is 10.2 Å². The van der Waals surface area contributed by atoms with Crippen LogP contribution in [0.15, 0.2) is 0 Å². The van der Waals surface area contributed by atoms with E-state index in [1.54, 1.807) is 0 Å². The number of quaternary nitrogens is 1. The van der Waals surface area contributed by atoms with Crippen molar-refractivity contribution in [1.82, 2.24) is 5.32 Å². The SMILES string of the molecule is CCCCCCCCCCCCCCCCCCCCCCCCCCCCCCC(O)C(COP(=O)([O-])OCC[N+](C)(C)C)NC(=O)CCCCCCCC. The maximum absolute atomic E-state index is 12.7. The Labute approximate surface area is 349 Å². The first-order valence-electron chi connectivity index (χ1n) is 24.4. The highest BCUT2D eigenvalue weighted by atomic mass is 31.2. The first-order valence-corrected chi connectivity index (χ1v) is 25.8. The van der Waals surface area contributed by atoms with Gasteiger partial charge in [0.15, 0.2) is 0 Å². The summed E-state index contributed by atoms with van der Waals surface area (Å²) < 4.78 is 23.2. The third-order valence-electron chi connectivity index (χ3n) is 11.3. The zero-order valence-electron chi connectivity index (χ0n) is 38.1. The summed E-state index contributed by atoms with van der Waals surface area (Å²) in [5, 5.41) is 13.8. The highest BCUT2D eigenvalue weighted by Gasteiger charge is 2.24. The van der Waals surface area contributed by atoms with Crippen LogP contribution in [0.4, 0.5) is 0 Å². The van der Waals surface area contributed by atoms with Gasteiger partial charge in [-0.1, -0.05) is 226 Å². The molecule has 1 amide bonds. The number of nitrogens with one attached hydrogen (secondary N) is 1. The number of carbonyl (C=O) groups excluding carboxylic acids is 1. The second kappa shape index (κ2) is 39.9. The van der Waals surface area contributed by atoms with E-state index in [2.05, 4.69) is 19.2 Å². The van der Waals surface area contributed by atoms with E-state index in [1.807, 2.05) is 21.1 Å². The Hall–Kier alpha value is -0.500. The van der Waals surface area contributed by atoms with Crippen molar-refractivity contribution in [3.63, 3.8) is 0 Å². The normalized spacial score (nSPS) is 14.2. The number of likely N-dealkylation sites (N-methyl/N-ethyl adjacent to an activating group) is 1. The molecule has 2 N–H and O–H groups in total. The molecule has 0 saturated carbocycles. The molecule has 3 unspecified atom stereocenters. The average molecular weight is 817 g/mol. The number of nitrogens with zero attached hydrogens (tertiary/aromatic N) is 1. The Balaban J connectivity index is 3.91. The van der Waals surface area contributed by atoms with E-state index in [4.69, 9.17) is 9.05 Å². The van der Waals surface area contributed by atoms with Crippen molar-refractivity contribution in [2.24, 2.45) is 0 Å². The van der Waals surface area contributed by atoms with Crippen molar-refractivity contribution >= 4 is 13.7 Å². The minimum Gasteiger partial charge on any atom is -0.756 e. The molecule has 0 saturated heterocycles. The summed E-state index contributed by atoms with van der Waals surface area (Å²) in [5.41, 5.74) is 0. The van der Waals surface area contributed by atoms with Gasteiger partial charge in [0.05, 0.1) is 39.9 Å². The summed E-state index contributed by atoms with van der Waals surface area (Å²) in [6.45, 7) is 4.68. The number of rotatable bonds is 45. The van der Waals surface area contributed by atoms with Crippen LogP contribution in [0.1, 0.15) is 245 Å². The molecule has 0 aromatic rings. The van der Waals surface area contributed by atoms with Gasteiger partial charge in [0, 0.05) is 6.42 Å². The van der Waals surface area contributed by atoms with Gasteiger partial charge in [0.1, 0.15) is 13.2 Å². The zero-order chi connectivity index (χ0) is 41.4. The van der Waals surface area contributed by atoms with Crippen molar-refractivity contribution in [2.45, 2.75) is 257 Å². The van der Waals surface area contributed by atoms with Crippen LogP contribution in [0.3, 0.4) is 0 Å². The number of aliphatic hydroxyl groups excluding tert-OH is 1. The largest absolute Gasteiger partial charge is 0.756 e. The second-order valence-electron chi connectivity index (χ2n) is 18.2. The number of phosphoric ester groups is 1. The molecule has 3 atom stereocenters. The summed E-state index contributed by atoms with van der Waals surface area (Å²) >= 11 is 0. The topological polar surface area (TPSA) is 108 Å². The predicted octanol–water partition coefficient (Wildman–Crippen LogP) is 13.1. The van der Waals surface area contributed by atoms with Gasteiger partial charge in [0.25, 0.3) is 7.82 Å². The fourth-order valence-electron chi connectivity index (χ4n) is 7.45. The number of amides is 1. The van der Waals surface area contributed by atoms with Crippen LogP contribution in [0.2, 0.25) is 0 Å². The number of phosphoric acid groups is 1. The van der Waals surface area contributed by atoms with Crippen molar-refractivity contribution < 1.29 is 32.9 Å². The van der Waals surface area contributed by atoms with Crippen LogP contribution >= 0.6 is 7.82 Å². The third kappa shape index (κ3) is 41.7. The van der Waals surface area contributed by atoms with E-state index >= 15 is 0 Å². The van der Waals surface area contributed by atoms with Crippen molar-refractivity contribution in [3.05, 3.63) is 0 Å². The van der Waals surface area contributed by atoms with E-state index in [9.17, 15) is 19.4 Å². The molecule has 0 aliphatic rings. The molecule has 9 heteroatoms. The van der Waals surface area contributed by atoms with Gasteiger partial charge in [-0.2, -0.15) is 0 Å². The summed E-state index contributed by atoms with van der Waals surface area (Å²) in [6.07, 6.45) is 44.5. The molecule has 0 aromatic carbocycles. The van der Waals surface area contributed by atoms with Crippen LogP contribution in [0, 0.1) is 0 Å². The highest BCUT2D eigenvalue weighted by molar-refractivity contribution is 7.45. The second-order valence-corrected chi connectivity index (χ2v) is 19.6. The van der Waals surface area contributed by atoms with Gasteiger partial charge in [-0.25, -0.2) is 0 Å². The lowest BCUT2D eigenvalue weighted by Crippen LogP contribution is -2.46. The van der Waals surface area contributed by atoms with Gasteiger partial charge in [-0.15, -0.1) is 0 Å². The Morgan fingerprint density at radius 2 is 0.875 bits per heavy atom. The van der Waals surface area contributed by atoms with Crippen LogP contribution in [-0.2, 0) is 18.4 Å². The van der Waals surface area contributed by atoms with Gasteiger partial charge >= 0.3 is 0 Å². The Morgan fingerprint density at radius 3 is 1.21 bits per heavy atom. The quantitative estimate of drug-likeness (QED) is 0.0360. The molecule has 0 aliphatic heterocycles. The van der Waals surface area contributed by atoms with Crippen LogP contribution in [-0.4, -0.2) is 68.5 Å². The van der Waals surface area contributed by atoms with E-state index in [0.717, 1.165) is 38.5 Å². The summed E-state index contributed by atoms with van der Waals surface area (Å²) in [4.78, 5) is 25.1. The molecule has 56 heavy (non-hydrogen) atoms. The predicted molar refractivity (Wildman–Crippen MR) is 238 cm³/mol. The minimum atomic E-state index is -4.55. The smallest absolute Gasteiger partial charge is 0.268 e. The van der Waals surface area contributed by atoms with Crippen molar-refractivity contribution in [2.75, 3.05) is 40.9 Å². The zero-order valence-corrected chi connectivity index (χ0v) is 39.0. The van der Waals surface area contributed by atoms with Crippen LogP contribution in [0.5, 0.6) is 0 Å². The molecule has 0 aromatic heterocycles. The molecular weight excluding hydrogens is 719 g/mol. The lowest BCUT2D eigenvalue weighted by atomic mass is 10.0. The molecule has 0 fully saturated rings. The summed E-state index contributed by atoms with van der Waals surface area (Å²) in [6, 6.07) is -0.791. The monoisotopic (exact) mass is 817 g/mol. The molecule has 0 aliphatic carbocycles. The van der Waals surface area contributed by atoms with Gasteiger partial charge in [-0.05, 0) is 12.8 Å². The maximum atomic E-state index is 12.7. The number of hydrogen-bond acceptors (Lipinski definition) is 6. The lowest BCUT2D eigenvalue weighted by Gasteiger charge is -2.30. The third-order valence-corrected chi connectivity index (χ3v) is 12.3. The molecule has 0 heterocycles. The first-order chi connectivity index (χ1) is 27.0. The Bertz CT molecular complexity index is 885. The average Bonchev–Trinajstić information content (AvgIpc) is 3.15. The Morgan fingerprint density at radius 1 is 0.554 bits per heavy atom. The fraction of sp³-hybridized carbons (Fsp3) is 0.979. The lowest BCUT2D eigenvalue weighted by molar-refractivity contribution is -0.870. The molecule has 0 bridgehead atoms. The van der Waals surface area contributed by atoms with E-state index in [-0.39, 0.29) is 19.1 Å². The molecule has 336 valence electrons. The molecular formula is C47H97N2O6P. The van der Waals surface area contributed by atoms with Crippen LogP contribution in [0.25, 0.3) is 0 Å². The maximum Gasteiger partial charge on any atom is 0.268 e. The number of unbranched alkanes of at least 4 members (excludes halogenated alkanes) is 32. The number of hydrogen-bond donors (Lipinski definition) is 2. The van der Waals surface area contributed by atoms with Gasteiger partial charge < -0.3 is 28.8 Å². The fourth-order valence-corrected chi connectivity index (χ4v) is 8.18. The van der Waals surface area contributed by atoms with Gasteiger partial charge in [-0.3, -0.25) is 9.36 Å². The molecule has 0 spiro atoms. The van der Waals surface area contributed by atoms with E-state index in [0.29, 0.717) is 23.9 Å². The van der Waals surface area contributed by atoms with Crippen molar-refractivity contribution in [1.29, 1.82) is 0 Å². The standard InChI is InChI=1S/C47H97N2O6P/c1-6-8-10-12-14-15-16-17-18-19-20-21-22-23-24-25-26-27-28-29-30-31-32-33-34-35-36-38-40-46(50)45(48-47(51)41-39-37-13-11-9-7-2)44-55-56(52,53)54-43-42-49(3,4)5/h45-46,50H,6-44H2,1-5H3,(H-,48,51,52,53). The first kappa shape index (κ1) is 55.5. The van der Waals surface area contributed by atoms with E-state index in [1.165, 1.54) is 180 Å². The van der Waals surface area contributed by atoms with Crippen molar-refractivity contribution in [3.8, 4) is 0 Å². The molecule has 0 radical (unpaired) electrons. The summed E-state index contributed by atoms with van der Waals surface area (Å²) in [5.74, 6) is -0.171. The number of aliphatic hydroxyl groups is 1. The Kier molecular flexibility index (Phi) is 39.6. The van der Waals surface area contributed by atoms with E-state index < -0.39 is 20.0 Å². The molecule has 0 rings (SSSR count). The van der Waals surface area contributed by atoms with Gasteiger partial charge in [0.2, 0.25) is 5.91 Å².